The van der Waals surface area contributed by atoms with E-state index in [-0.39, 0.29) is 4.90 Å². The first-order valence-electron chi connectivity index (χ1n) is 8.67. The van der Waals surface area contributed by atoms with Crippen molar-refractivity contribution in [2.75, 3.05) is 0 Å². The van der Waals surface area contributed by atoms with Crippen molar-refractivity contribution in [2.24, 2.45) is 0 Å². The molecule has 1 heterocycles. The molecule has 0 saturated heterocycles. The average Bonchev–Trinajstić information content (AvgIpc) is 3.01. The summed E-state index contributed by atoms with van der Waals surface area (Å²) in [6.07, 6.45) is 0. The normalized spacial score (nSPS) is 11.6. The third kappa shape index (κ3) is 2.78. The minimum Gasteiger partial charge on any atom is -0.238 e. The van der Waals surface area contributed by atoms with Gasteiger partial charge in [0.25, 0.3) is 10.0 Å². The van der Waals surface area contributed by atoms with Crippen molar-refractivity contribution >= 4 is 26.5 Å². The molecular formula is C23H19NO2S. The highest BCUT2D eigenvalue weighted by molar-refractivity contribution is 7.90. The van der Waals surface area contributed by atoms with E-state index in [4.69, 9.17) is 0 Å². The maximum atomic E-state index is 13.4. The van der Waals surface area contributed by atoms with Gasteiger partial charge < -0.3 is 0 Å². The Balaban J connectivity index is 2.02. The molecule has 4 heteroatoms. The summed E-state index contributed by atoms with van der Waals surface area (Å²) in [5.41, 5.74) is 3.96. The van der Waals surface area contributed by atoms with Crippen molar-refractivity contribution in [3.8, 4) is 0 Å². The van der Waals surface area contributed by atoms with Crippen molar-refractivity contribution in [1.82, 2.24) is 3.97 Å². The zero-order valence-corrected chi connectivity index (χ0v) is 15.8. The lowest BCUT2D eigenvalue weighted by Crippen LogP contribution is -2.14. The van der Waals surface area contributed by atoms with E-state index in [2.05, 4.69) is 6.58 Å². The van der Waals surface area contributed by atoms with Gasteiger partial charge in [-0.05, 0) is 36.3 Å². The molecule has 1 aromatic heterocycles. The Kier molecular flexibility index (Phi) is 4.21. The maximum absolute atomic E-state index is 13.4. The van der Waals surface area contributed by atoms with E-state index in [1.165, 1.54) is 3.97 Å². The lowest BCUT2D eigenvalue weighted by molar-refractivity contribution is 0.588. The average molecular weight is 373 g/mol. The Labute approximate surface area is 159 Å². The van der Waals surface area contributed by atoms with Crippen molar-refractivity contribution in [2.45, 2.75) is 11.8 Å². The van der Waals surface area contributed by atoms with Crippen LogP contribution in [0.5, 0.6) is 0 Å². The molecule has 0 aliphatic heterocycles. The highest BCUT2D eigenvalue weighted by Crippen LogP contribution is 2.36. The first-order chi connectivity index (χ1) is 13.0. The fourth-order valence-electron chi connectivity index (χ4n) is 3.51. The highest BCUT2D eigenvalue weighted by Gasteiger charge is 2.25. The molecule has 3 nitrogen and oxygen atoms in total. The number of fused-ring (bicyclic) bond motifs is 1. The van der Waals surface area contributed by atoms with Gasteiger partial charge in [-0.25, -0.2) is 12.4 Å². The van der Waals surface area contributed by atoms with Gasteiger partial charge in [0.2, 0.25) is 0 Å². The van der Waals surface area contributed by atoms with Crippen molar-refractivity contribution < 1.29 is 8.42 Å². The summed E-state index contributed by atoms with van der Waals surface area (Å²) in [5, 5.41) is 0.878. The Bertz CT molecular complexity index is 1240. The topological polar surface area (TPSA) is 39.1 Å². The molecule has 0 unspecified atom stereocenters. The molecular weight excluding hydrogens is 354 g/mol. The van der Waals surface area contributed by atoms with Crippen LogP contribution in [0, 0.1) is 6.92 Å². The lowest BCUT2D eigenvalue weighted by Gasteiger charge is -2.11. The summed E-state index contributed by atoms with van der Waals surface area (Å²) in [6, 6.07) is 25.9. The number of hydrogen-bond donors (Lipinski definition) is 0. The van der Waals surface area contributed by atoms with Crippen molar-refractivity contribution in [1.29, 1.82) is 0 Å². The van der Waals surface area contributed by atoms with Crippen LogP contribution in [0.1, 0.15) is 16.8 Å². The molecule has 0 bridgehead atoms. The van der Waals surface area contributed by atoms with Crippen LogP contribution >= 0.6 is 0 Å². The van der Waals surface area contributed by atoms with Crippen LogP contribution in [0.2, 0.25) is 0 Å². The second kappa shape index (κ2) is 6.56. The van der Waals surface area contributed by atoms with E-state index < -0.39 is 10.0 Å². The molecule has 3 aromatic carbocycles. The lowest BCUT2D eigenvalue weighted by atomic mass is 9.97. The molecule has 0 aliphatic carbocycles. The van der Waals surface area contributed by atoms with Gasteiger partial charge in [-0.2, -0.15) is 0 Å². The molecule has 134 valence electrons. The van der Waals surface area contributed by atoms with Gasteiger partial charge in [0.05, 0.1) is 10.4 Å². The molecule has 0 amide bonds. The SMILES string of the molecule is C=C(c1ccccc1)c1c(C)n(S(=O)(=O)c2ccccc2)c2ccccc12. The number of nitrogens with zero attached hydrogens (tertiary/aromatic N) is 1. The summed E-state index contributed by atoms with van der Waals surface area (Å²) >= 11 is 0. The summed E-state index contributed by atoms with van der Waals surface area (Å²) < 4.78 is 28.2. The molecule has 0 saturated carbocycles. The van der Waals surface area contributed by atoms with Gasteiger partial charge in [-0.1, -0.05) is 73.3 Å². The minimum atomic E-state index is -3.72. The zero-order chi connectivity index (χ0) is 19.0. The van der Waals surface area contributed by atoms with Crippen LogP contribution in [0.3, 0.4) is 0 Å². The molecule has 0 aliphatic rings. The molecule has 0 spiro atoms. The summed E-state index contributed by atoms with van der Waals surface area (Å²) in [7, 11) is -3.72. The Morgan fingerprint density at radius 1 is 0.815 bits per heavy atom. The monoisotopic (exact) mass is 373 g/mol. The predicted molar refractivity (Wildman–Crippen MR) is 110 cm³/mol. The smallest absolute Gasteiger partial charge is 0.238 e. The largest absolute Gasteiger partial charge is 0.268 e. The molecule has 0 atom stereocenters. The molecule has 27 heavy (non-hydrogen) atoms. The van der Waals surface area contributed by atoms with Gasteiger partial charge >= 0.3 is 0 Å². The van der Waals surface area contributed by atoms with Crippen LogP contribution < -0.4 is 0 Å². The number of rotatable bonds is 4. The van der Waals surface area contributed by atoms with Crippen LogP contribution in [0.25, 0.3) is 16.5 Å². The number of hydrogen-bond acceptors (Lipinski definition) is 2. The molecule has 4 rings (SSSR count). The van der Waals surface area contributed by atoms with E-state index in [9.17, 15) is 8.42 Å². The zero-order valence-electron chi connectivity index (χ0n) is 15.0. The quantitative estimate of drug-likeness (QED) is 0.490. The van der Waals surface area contributed by atoms with E-state index in [0.29, 0.717) is 11.2 Å². The highest BCUT2D eigenvalue weighted by atomic mass is 32.2. The van der Waals surface area contributed by atoms with Crippen molar-refractivity contribution in [3.63, 3.8) is 0 Å². The van der Waals surface area contributed by atoms with Crippen LogP contribution in [0.4, 0.5) is 0 Å². The number of benzene rings is 3. The van der Waals surface area contributed by atoms with Gasteiger partial charge in [-0.15, -0.1) is 0 Å². The predicted octanol–water partition coefficient (Wildman–Crippen LogP) is 5.25. The van der Waals surface area contributed by atoms with Crippen molar-refractivity contribution in [3.05, 3.63) is 108 Å². The molecule has 0 fully saturated rings. The first-order valence-corrected chi connectivity index (χ1v) is 10.1. The van der Waals surface area contributed by atoms with E-state index in [1.807, 2.05) is 67.6 Å². The molecule has 4 aromatic rings. The third-order valence-electron chi connectivity index (χ3n) is 4.76. The summed E-state index contributed by atoms with van der Waals surface area (Å²) in [5.74, 6) is 0. The molecule has 0 radical (unpaired) electrons. The Morgan fingerprint density at radius 3 is 2.04 bits per heavy atom. The Hall–Kier alpha value is -3.11. The third-order valence-corrected chi connectivity index (χ3v) is 6.58. The fraction of sp³-hybridized carbons (Fsp3) is 0.0435. The van der Waals surface area contributed by atoms with E-state index >= 15 is 0 Å². The summed E-state index contributed by atoms with van der Waals surface area (Å²) in [6.45, 7) is 6.10. The number of para-hydroxylation sites is 1. The van der Waals surface area contributed by atoms with Crippen LogP contribution in [0.15, 0.2) is 96.4 Å². The standard InChI is InChI=1S/C23H19NO2S/c1-17(19-11-5-3-6-12-19)23-18(2)24(22-16-10-9-15-21(22)23)27(25,26)20-13-7-4-8-14-20/h3-16H,1H2,2H3. The maximum Gasteiger partial charge on any atom is 0.268 e. The van der Waals surface area contributed by atoms with Crippen LogP contribution in [-0.4, -0.2) is 12.4 Å². The van der Waals surface area contributed by atoms with E-state index in [0.717, 1.165) is 22.1 Å². The van der Waals surface area contributed by atoms with Gasteiger partial charge in [0.1, 0.15) is 0 Å². The van der Waals surface area contributed by atoms with E-state index in [1.54, 1.807) is 24.3 Å². The second-order valence-electron chi connectivity index (χ2n) is 6.40. The van der Waals surface area contributed by atoms with Gasteiger partial charge in [-0.3, -0.25) is 0 Å². The number of aromatic nitrogens is 1. The van der Waals surface area contributed by atoms with Gasteiger partial charge in [0.15, 0.2) is 0 Å². The van der Waals surface area contributed by atoms with Crippen LogP contribution in [-0.2, 0) is 10.0 Å². The molecule has 0 N–H and O–H groups in total. The second-order valence-corrected chi connectivity index (χ2v) is 8.19. The summed E-state index contributed by atoms with van der Waals surface area (Å²) in [4.78, 5) is 0.269. The fourth-order valence-corrected chi connectivity index (χ4v) is 5.09. The van der Waals surface area contributed by atoms with Gasteiger partial charge in [0, 0.05) is 16.6 Å². The minimum absolute atomic E-state index is 0.269. The first kappa shape index (κ1) is 17.3. The Morgan fingerprint density at radius 2 is 1.37 bits per heavy atom.